The van der Waals surface area contributed by atoms with Gasteiger partial charge in [0, 0.05) is 6.07 Å². The van der Waals surface area contributed by atoms with Crippen molar-refractivity contribution in [3.8, 4) is 0 Å². The van der Waals surface area contributed by atoms with Gasteiger partial charge in [0.15, 0.2) is 0 Å². The van der Waals surface area contributed by atoms with Crippen molar-refractivity contribution < 1.29 is 9.72 Å². The van der Waals surface area contributed by atoms with E-state index >= 15 is 0 Å². The van der Waals surface area contributed by atoms with E-state index in [1.165, 1.54) is 6.33 Å². The maximum atomic E-state index is 11.8. The number of pyridine rings is 1. The zero-order valence-corrected chi connectivity index (χ0v) is 10.1. The highest BCUT2D eigenvalue weighted by atomic mass is 35.5. The first-order valence-electron chi connectivity index (χ1n) is 5.00. The number of hydrogen-bond acceptors (Lipinski definition) is 6. The van der Waals surface area contributed by atoms with Gasteiger partial charge in [-0.3, -0.25) is 20.0 Å². The van der Waals surface area contributed by atoms with Crippen LogP contribution in [-0.2, 0) is 6.54 Å². The van der Waals surface area contributed by atoms with Crippen LogP contribution < -0.4 is 5.32 Å². The standard InChI is InChI=1S/C9H7ClN6O3/c10-8-6(1-5(2-11-8)16(18)19)9(17)12-3-7-13-4-14-15-7/h1-2,4H,3H2,(H,12,17)(H,13,14,15). The number of H-pyrrole nitrogens is 1. The lowest BCUT2D eigenvalue weighted by molar-refractivity contribution is -0.385. The molecular formula is C9H7ClN6O3. The largest absolute Gasteiger partial charge is 0.345 e. The summed E-state index contributed by atoms with van der Waals surface area (Å²) in [5, 5.41) is 19.1. The molecular weight excluding hydrogens is 276 g/mol. The number of carbonyl (C=O) groups is 1. The van der Waals surface area contributed by atoms with Crippen LogP contribution in [0.5, 0.6) is 0 Å². The van der Waals surface area contributed by atoms with Gasteiger partial charge in [-0.05, 0) is 0 Å². The molecule has 2 rings (SSSR count). The van der Waals surface area contributed by atoms with E-state index in [-0.39, 0.29) is 22.9 Å². The lowest BCUT2D eigenvalue weighted by Gasteiger charge is -2.04. The van der Waals surface area contributed by atoms with Gasteiger partial charge in [0.25, 0.3) is 11.6 Å². The molecule has 0 radical (unpaired) electrons. The highest BCUT2D eigenvalue weighted by Gasteiger charge is 2.17. The topological polar surface area (TPSA) is 127 Å². The predicted octanol–water partition coefficient (Wildman–Crippen LogP) is 0.691. The van der Waals surface area contributed by atoms with Gasteiger partial charge >= 0.3 is 0 Å². The first-order valence-corrected chi connectivity index (χ1v) is 5.38. The Kier molecular flexibility index (Phi) is 3.66. The summed E-state index contributed by atoms with van der Waals surface area (Å²) >= 11 is 5.73. The highest BCUT2D eigenvalue weighted by molar-refractivity contribution is 6.32. The molecule has 19 heavy (non-hydrogen) atoms. The molecule has 98 valence electrons. The number of nitrogens with one attached hydrogen (secondary N) is 2. The van der Waals surface area contributed by atoms with E-state index in [1.807, 2.05) is 0 Å². The highest BCUT2D eigenvalue weighted by Crippen LogP contribution is 2.18. The smallest absolute Gasteiger partial charge is 0.288 e. The Balaban J connectivity index is 2.14. The molecule has 0 spiro atoms. The zero-order valence-electron chi connectivity index (χ0n) is 9.33. The van der Waals surface area contributed by atoms with Gasteiger partial charge in [-0.1, -0.05) is 11.6 Å². The summed E-state index contributed by atoms with van der Waals surface area (Å²) in [6.07, 6.45) is 2.28. The molecule has 0 bridgehead atoms. The number of nitro groups is 1. The Morgan fingerprint density at radius 1 is 1.53 bits per heavy atom. The SMILES string of the molecule is O=C(NCc1ncn[nH]1)c1cc([N+](=O)[O-])cnc1Cl. The number of aromatic nitrogens is 4. The van der Waals surface area contributed by atoms with E-state index in [0.29, 0.717) is 5.82 Å². The van der Waals surface area contributed by atoms with E-state index in [0.717, 1.165) is 12.3 Å². The Morgan fingerprint density at radius 2 is 2.32 bits per heavy atom. The number of hydrogen-bond donors (Lipinski definition) is 2. The summed E-state index contributed by atoms with van der Waals surface area (Å²) < 4.78 is 0. The van der Waals surface area contributed by atoms with Gasteiger partial charge in [-0.2, -0.15) is 5.10 Å². The number of halogens is 1. The molecule has 0 aliphatic heterocycles. The average Bonchev–Trinajstić information content (AvgIpc) is 2.89. The Labute approximate surface area is 111 Å². The molecule has 0 aliphatic carbocycles. The van der Waals surface area contributed by atoms with Crippen molar-refractivity contribution in [2.75, 3.05) is 0 Å². The number of nitrogens with zero attached hydrogens (tertiary/aromatic N) is 4. The lowest BCUT2D eigenvalue weighted by atomic mass is 10.2. The van der Waals surface area contributed by atoms with E-state index in [2.05, 4.69) is 25.5 Å². The molecule has 0 aromatic carbocycles. The van der Waals surface area contributed by atoms with Crippen LogP contribution in [0.3, 0.4) is 0 Å². The molecule has 9 nitrogen and oxygen atoms in total. The van der Waals surface area contributed by atoms with Crippen molar-refractivity contribution in [3.05, 3.63) is 45.2 Å². The summed E-state index contributed by atoms with van der Waals surface area (Å²) in [4.78, 5) is 29.2. The molecule has 10 heteroatoms. The van der Waals surface area contributed by atoms with Crippen LogP contribution in [-0.4, -0.2) is 31.0 Å². The molecule has 0 saturated heterocycles. The number of rotatable bonds is 4. The monoisotopic (exact) mass is 282 g/mol. The van der Waals surface area contributed by atoms with Crippen molar-refractivity contribution in [2.24, 2.45) is 0 Å². The van der Waals surface area contributed by atoms with Gasteiger partial charge in [-0.15, -0.1) is 0 Å². The Morgan fingerprint density at radius 3 is 2.95 bits per heavy atom. The summed E-state index contributed by atoms with van der Waals surface area (Å²) in [5.41, 5.74) is -0.385. The van der Waals surface area contributed by atoms with Gasteiger partial charge in [0.2, 0.25) is 0 Å². The molecule has 0 atom stereocenters. The number of amides is 1. The molecule has 0 fully saturated rings. The molecule has 0 unspecified atom stereocenters. The fraction of sp³-hybridized carbons (Fsp3) is 0.111. The maximum absolute atomic E-state index is 11.8. The zero-order chi connectivity index (χ0) is 13.8. The third-order valence-electron chi connectivity index (χ3n) is 2.16. The van der Waals surface area contributed by atoms with Crippen LogP contribution in [0.1, 0.15) is 16.2 Å². The minimum Gasteiger partial charge on any atom is -0.345 e. The summed E-state index contributed by atoms with van der Waals surface area (Å²) in [6, 6.07) is 1.06. The minimum absolute atomic E-state index is 0.0737. The summed E-state index contributed by atoms with van der Waals surface area (Å²) in [7, 11) is 0. The van der Waals surface area contributed by atoms with Gasteiger partial charge in [-0.25, -0.2) is 9.97 Å². The van der Waals surface area contributed by atoms with Crippen molar-refractivity contribution in [2.45, 2.75) is 6.54 Å². The Hall–Kier alpha value is -2.55. The first-order chi connectivity index (χ1) is 9.08. The number of carbonyl (C=O) groups excluding carboxylic acids is 1. The fourth-order valence-electron chi connectivity index (χ4n) is 1.27. The van der Waals surface area contributed by atoms with Crippen molar-refractivity contribution >= 4 is 23.2 Å². The third-order valence-corrected chi connectivity index (χ3v) is 2.46. The van der Waals surface area contributed by atoms with Crippen LogP contribution in [0.4, 0.5) is 5.69 Å². The maximum Gasteiger partial charge on any atom is 0.288 e. The molecule has 1 amide bonds. The van der Waals surface area contributed by atoms with E-state index in [9.17, 15) is 14.9 Å². The van der Waals surface area contributed by atoms with Crippen LogP contribution >= 0.6 is 11.6 Å². The molecule has 0 saturated carbocycles. The second kappa shape index (κ2) is 5.40. The Bertz CT molecular complexity index is 614. The normalized spacial score (nSPS) is 10.2. The fourth-order valence-corrected chi connectivity index (χ4v) is 1.46. The minimum atomic E-state index is -0.656. The number of aromatic amines is 1. The molecule has 2 heterocycles. The molecule has 2 aromatic rings. The lowest BCUT2D eigenvalue weighted by Crippen LogP contribution is -2.24. The third kappa shape index (κ3) is 3.01. The average molecular weight is 283 g/mol. The molecule has 0 aliphatic rings. The quantitative estimate of drug-likeness (QED) is 0.482. The van der Waals surface area contributed by atoms with Gasteiger partial charge in [0.05, 0.1) is 17.0 Å². The first kappa shape index (κ1) is 12.9. The van der Waals surface area contributed by atoms with Crippen LogP contribution in [0.15, 0.2) is 18.6 Å². The molecule has 2 aromatic heterocycles. The van der Waals surface area contributed by atoms with Crippen LogP contribution in [0.2, 0.25) is 5.15 Å². The van der Waals surface area contributed by atoms with Gasteiger partial charge < -0.3 is 5.32 Å². The summed E-state index contributed by atoms with van der Waals surface area (Å²) in [5.74, 6) is -0.138. The van der Waals surface area contributed by atoms with Crippen LogP contribution in [0, 0.1) is 10.1 Å². The molecule has 2 N–H and O–H groups in total. The van der Waals surface area contributed by atoms with E-state index < -0.39 is 10.8 Å². The van der Waals surface area contributed by atoms with Crippen LogP contribution in [0.25, 0.3) is 0 Å². The van der Waals surface area contributed by atoms with E-state index in [4.69, 9.17) is 11.6 Å². The van der Waals surface area contributed by atoms with E-state index in [1.54, 1.807) is 0 Å². The van der Waals surface area contributed by atoms with Gasteiger partial charge in [0.1, 0.15) is 23.5 Å². The van der Waals surface area contributed by atoms with Crippen molar-refractivity contribution in [3.63, 3.8) is 0 Å². The van der Waals surface area contributed by atoms with Crippen molar-refractivity contribution in [1.29, 1.82) is 0 Å². The second-order valence-electron chi connectivity index (χ2n) is 3.40. The second-order valence-corrected chi connectivity index (χ2v) is 3.76. The predicted molar refractivity (Wildman–Crippen MR) is 63.5 cm³/mol. The summed E-state index contributed by atoms with van der Waals surface area (Å²) in [6.45, 7) is 0.0951. The van der Waals surface area contributed by atoms with Crippen molar-refractivity contribution in [1.82, 2.24) is 25.5 Å².